The Morgan fingerprint density at radius 2 is 1.96 bits per heavy atom. The van der Waals surface area contributed by atoms with E-state index in [0.29, 0.717) is 26.0 Å². The van der Waals surface area contributed by atoms with E-state index >= 15 is 0 Å². The first-order valence-electron chi connectivity index (χ1n) is 8.23. The molecule has 4 nitrogen and oxygen atoms in total. The van der Waals surface area contributed by atoms with E-state index < -0.39 is 0 Å². The molecule has 3 aromatic rings. The van der Waals surface area contributed by atoms with Crippen LogP contribution in [-0.2, 0) is 11.3 Å². The number of amides is 1. The molecule has 24 heavy (non-hydrogen) atoms. The van der Waals surface area contributed by atoms with Gasteiger partial charge in [-0.05, 0) is 54.6 Å². The van der Waals surface area contributed by atoms with Crippen molar-refractivity contribution in [3.8, 4) is 5.75 Å². The second-order valence-corrected chi connectivity index (χ2v) is 5.92. The quantitative estimate of drug-likeness (QED) is 0.647. The third-order valence-corrected chi connectivity index (χ3v) is 3.87. The van der Waals surface area contributed by atoms with Crippen LogP contribution in [0.5, 0.6) is 5.75 Å². The van der Waals surface area contributed by atoms with E-state index in [9.17, 15) is 4.79 Å². The van der Waals surface area contributed by atoms with Gasteiger partial charge in [-0.25, -0.2) is 0 Å². The van der Waals surface area contributed by atoms with Crippen LogP contribution in [0, 0.1) is 6.92 Å². The molecule has 0 fully saturated rings. The van der Waals surface area contributed by atoms with Gasteiger partial charge in [-0.2, -0.15) is 0 Å². The number of carbonyl (C=O) groups is 1. The van der Waals surface area contributed by atoms with Crippen molar-refractivity contribution in [2.45, 2.75) is 26.3 Å². The van der Waals surface area contributed by atoms with Gasteiger partial charge in [-0.15, -0.1) is 0 Å². The van der Waals surface area contributed by atoms with E-state index in [1.54, 1.807) is 0 Å². The Labute approximate surface area is 141 Å². The summed E-state index contributed by atoms with van der Waals surface area (Å²) in [5.74, 6) is 0.894. The van der Waals surface area contributed by atoms with Crippen molar-refractivity contribution < 1.29 is 9.53 Å². The maximum absolute atomic E-state index is 11.9. The molecule has 124 valence electrons. The predicted molar refractivity (Wildman–Crippen MR) is 96.1 cm³/mol. The minimum atomic E-state index is 0.0528. The van der Waals surface area contributed by atoms with Gasteiger partial charge in [0.15, 0.2) is 0 Å². The first kappa shape index (κ1) is 16.1. The highest BCUT2D eigenvalue weighted by molar-refractivity contribution is 5.81. The molecule has 0 aliphatic heterocycles. The van der Waals surface area contributed by atoms with Crippen LogP contribution in [0.2, 0.25) is 0 Å². The first-order valence-corrected chi connectivity index (χ1v) is 8.23. The minimum absolute atomic E-state index is 0.0528. The van der Waals surface area contributed by atoms with Gasteiger partial charge in [0.25, 0.3) is 0 Å². The van der Waals surface area contributed by atoms with Crippen LogP contribution in [0.15, 0.2) is 54.6 Å². The van der Waals surface area contributed by atoms with Crippen LogP contribution in [-0.4, -0.2) is 17.5 Å². The molecule has 0 unspecified atom stereocenters. The number of fused-ring (bicyclic) bond motifs is 1. The summed E-state index contributed by atoms with van der Waals surface area (Å²) in [5, 5.41) is 4.14. The Bertz CT molecular complexity index is 809. The van der Waals surface area contributed by atoms with Crippen LogP contribution >= 0.6 is 0 Å². The smallest absolute Gasteiger partial charge is 0.220 e. The van der Waals surface area contributed by atoms with E-state index in [1.807, 2.05) is 43.3 Å². The molecule has 3 rings (SSSR count). The monoisotopic (exact) mass is 322 g/mol. The number of H-pyrrole nitrogens is 1. The molecule has 2 N–H and O–H groups in total. The summed E-state index contributed by atoms with van der Waals surface area (Å²) in [6.45, 7) is 3.14. The maximum Gasteiger partial charge on any atom is 0.220 e. The molecule has 0 atom stereocenters. The van der Waals surface area contributed by atoms with Crippen molar-refractivity contribution in [2.75, 3.05) is 6.61 Å². The highest BCUT2D eigenvalue weighted by Crippen LogP contribution is 2.16. The summed E-state index contributed by atoms with van der Waals surface area (Å²) < 4.78 is 5.59. The third-order valence-electron chi connectivity index (χ3n) is 3.87. The molecular weight excluding hydrogens is 300 g/mol. The average Bonchev–Trinajstić information content (AvgIpc) is 2.97. The van der Waals surface area contributed by atoms with Crippen LogP contribution in [0.4, 0.5) is 0 Å². The maximum atomic E-state index is 11.9. The number of aryl methyl sites for hydroxylation is 1. The normalized spacial score (nSPS) is 10.7. The van der Waals surface area contributed by atoms with Crippen LogP contribution in [0.1, 0.15) is 24.1 Å². The van der Waals surface area contributed by atoms with E-state index in [-0.39, 0.29) is 5.91 Å². The molecular formula is C20H22N2O2. The molecule has 0 radical (unpaired) electrons. The fourth-order valence-electron chi connectivity index (χ4n) is 2.67. The highest BCUT2D eigenvalue weighted by atomic mass is 16.5. The van der Waals surface area contributed by atoms with Gasteiger partial charge in [-0.3, -0.25) is 4.79 Å². The fraction of sp³-hybridized carbons (Fsp3) is 0.250. The molecule has 0 bridgehead atoms. The number of nitrogens with one attached hydrogen (secondary N) is 2. The zero-order chi connectivity index (χ0) is 16.8. The number of aromatic amines is 1. The summed E-state index contributed by atoms with van der Waals surface area (Å²) in [6, 6.07) is 18.0. The third kappa shape index (κ3) is 4.38. The van der Waals surface area contributed by atoms with Gasteiger partial charge >= 0.3 is 0 Å². The number of para-hydroxylation sites is 1. The molecule has 1 heterocycles. The van der Waals surface area contributed by atoms with Crippen molar-refractivity contribution in [1.29, 1.82) is 0 Å². The van der Waals surface area contributed by atoms with Crippen LogP contribution in [0.3, 0.4) is 0 Å². The minimum Gasteiger partial charge on any atom is -0.494 e. The summed E-state index contributed by atoms with van der Waals surface area (Å²) in [5.41, 5.74) is 3.38. The van der Waals surface area contributed by atoms with Crippen LogP contribution < -0.4 is 10.1 Å². The van der Waals surface area contributed by atoms with Gasteiger partial charge in [0.2, 0.25) is 5.91 Å². The Kier molecular flexibility index (Phi) is 5.16. The van der Waals surface area contributed by atoms with Crippen molar-refractivity contribution in [3.63, 3.8) is 0 Å². The molecule has 0 saturated heterocycles. The lowest BCUT2D eigenvalue weighted by Crippen LogP contribution is -2.22. The topological polar surface area (TPSA) is 54.1 Å². The van der Waals surface area contributed by atoms with E-state index in [2.05, 4.69) is 28.5 Å². The van der Waals surface area contributed by atoms with Gasteiger partial charge < -0.3 is 15.0 Å². The van der Waals surface area contributed by atoms with Gasteiger partial charge in [0.05, 0.1) is 6.61 Å². The summed E-state index contributed by atoms with van der Waals surface area (Å²) in [4.78, 5) is 15.2. The zero-order valence-corrected chi connectivity index (χ0v) is 13.8. The number of rotatable bonds is 7. The van der Waals surface area contributed by atoms with E-state index in [1.165, 1.54) is 5.39 Å². The molecule has 2 aromatic carbocycles. The average molecular weight is 322 g/mol. The van der Waals surface area contributed by atoms with Gasteiger partial charge in [0.1, 0.15) is 5.75 Å². The molecule has 0 aliphatic carbocycles. The number of carbonyl (C=O) groups excluding carboxylic acids is 1. The second kappa shape index (κ2) is 7.68. The first-order chi connectivity index (χ1) is 11.7. The molecule has 1 amide bonds. The van der Waals surface area contributed by atoms with Crippen molar-refractivity contribution in [2.24, 2.45) is 0 Å². The molecule has 0 spiro atoms. The molecule has 1 aromatic heterocycles. The number of benzene rings is 2. The zero-order valence-electron chi connectivity index (χ0n) is 13.8. The molecule has 4 heteroatoms. The molecule has 0 aliphatic rings. The Balaban J connectivity index is 1.40. The lowest BCUT2D eigenvalue weighted by Gasteiger charge is -2.07. The van der Waals surface area contributed by atoms with Crippen LogP contribution in [0.25, 0.3) is 10.9 Å². The standard InChI is InChI=1S/C20H22N2O2/c1-15-12-17-13-16(9-10-19(17)22-15)14-21-20(23)8-5-11-24-18-6-3-2-4-7-18/h2-4,6-7,9-10,12-13,22H,5,8,11,14H2,1H3,(H,21,23). The number of ether oxygens (including phenoxy) is 1. The highest BCUT2D eigenvalue weighted by Gasteiger charge is 2.04. The summed E-state index contributed by atoms with van der Waals surface area (Å²) in [6.07, 6.45) is 1.18. The van der Waals surface area contributed by atoms with Crippen molar-refractivity contribution in [1.82, 2.24) is 10.3 Å². The lowest BCUT2D eigenvalue weighted by atomic mass is 10.1. The molecule has 0 saturated carbocycles. The SMILES string of the molecule is Cc1cc2cc(CNC(=O)CCCOc3ccccc3)ccc2[nH]1. The van der Waals surface area contributed by atoms with Gasteiger partial charge in [0, 0.05) is 24.2 Å². The Morgan fingerprint density at radius 3 is 2.79 bits per heavy atom. The Morgan fingerprint density at radius 1 is 1.12 bits per heavy atom. The van der Waals surface area contributed by atoms with Crippen molar-refractivity contribution >= 4 is 16.8 Å². The van der Waals surface area contributed by atoms with E-state index in [4.69, 9.17) is 4.74 Å². The lowest BCUT2D eigenvalue weighted by molar-refractivity contribution is -0.121. The summed E-state index contributed by atoms with van der Waals surface area (Å²) in [7, 11) is 0. The number of hydrogen-bond donors (Lipinski definition) is 2. The number of hydrogen-bond acceptors (Lipinski definition) is 2. The van der Waals surface area contributed by atoms with E-state index in [0.717, 1.165) is 22.5 Å². The predicted octanol–water partition coefficient (Wildman–Crippen LogP) is 3.95. The fourth-order valence-corrected chi connectivity index (χ4v) is 2.67. The number of aromatic nitrogens is 1. The van der Waals surface area contributed by atoms with Crippen molar-refractivity contribution in [3.05, 3.63) is 65.9 Å². The van der Waals surface area contributed by atoms with Gasteiger partial charge in [-0.1, -0.05) is 24.3 Å². The largest absolute Gasteiger partial charge is 0.494 e. The summed E-state index contributed by atoms with van der Waals surface area (Å²) >= 11 is 0. The Hall–Kier alpha value is -2.75. The second-order valence-electron chi connectivity index (χ2n) is 5.92.